The first-order chi connectivity index (χ1) is 25.6. The molecule has 0 aliphatic rings. The van der Waals surface area contributed by atoms with E-state index in [0.29, 0.717) is 17.5 Å². The number of anilines is 1. The van der Waals surface area contributed by atoms with Crippen LogP contribution >= 0.6 is 21.6 Å². The summed E-state index contributed by atoms with van der Waals surface area (Å²) in [5.74, 6) is -0.886. The molecule has 0 aliphatic carbocycles. The molecule has 4 aromatic carbocycles. The lowest BCUT2D eigenvalue weighted by Gasteiger charge is -2.12. The number of hydrogen-bond donors (Lipinski definition) is 2. The van der Waals surface area contributed by atoms with Gasteiger partial charge in [0.05, 0.1) is 5.69 Å². The van der Waals surface area contributed by atoms with Gasteiger partial charge < -0.3 is 10.2 Å². The second kappa shape index (κ2) is 25.0. The van der Waals surface area contributed by atoms with E-state index in [2.05, 4.69) is 41.1 Å². The number of carbonyl (C=O) groups excluding carboxylic acids is 3. The summed E-state index contributed by atoms with van der Waals surface area (Å²) in [6.45, 7) is 0. The molecule has 276 valence electrons. The van der Waals surface area contributed by atoms with E-state index in [9.17, 15) is 14.4 Å². The molecule has 0 unspecified atom stereocenters. The number of unbranched alkanes of at least 4 members (excludes halogenated alkanes) is 14. The molecule has 6 nitrogen and oxygen atoms in total. The Morgan fingerprint density at radius 2 is 0.904 bits per heavy atom. The van der Waals surface area contributed by atoms with Gasteiger partial charge in [-0.2, -0.15) is 5.48 Å². The van der Waals surface area contributed by atoms with Gasteiger partial charge in [0.1, 0.15) is 0 Å². The Hall–Kier alpha value is -4.01. The van der Waals surface area contributed by atoms with Gasteiger partial charge in [-0.15, -0.1) is 0 Å². The predicted molar refractivity (Wildman–Crippen MR) is 217 cm³/mol. The summed E-state index contributed by atoms with van der Waals surface area (Å²) in [6, 6.07) is 34.8. The standard InChI is InChI=1S/C44H54N2O4S2/c47-42(50-46-44(49)38-30-19-15-20-31-38)35-21-13-11-9-7-5-3-1-2-4-6-8-10-12-16-26-36-27-22-24-33-40(36)51-52-41-34-25-23-32-39(41)45-43(48)37-28-17-14-18-29-37/h14-15,17-20,22-25,27-34H,1-13,16,21,26,35H2,(H,45,48)(H,46,49). The largest absolute Gasteiger partial charge is 0.341 e. The van der Waals surface area contributed by atoms with E-state index in [1.54, 1.807) is 45.9 Å². The summed E-state index contributed by atoms with van der Waals surface area (Å²) in [6.07, 6.45) is 19.9. The summed E-state index contributed by atoms with van der Waals surface area (Å²) in [5.41, 5.74) is 5.58. The van der Waals surface area contributed by atoms with Crippen LogP contribution in [0.4, 0.5) is 5.69 Å². The predicted octanol–water partition coefficient (Wildman–Crippen LogP) is 12.4. The van der Waals surface area contributed by atoms with Crippen molar-refractivity contribution in [2.24, 2.45) is 0 Å². The Balaban J connectivity index is 0.955. The van der Waals surface area contributed by atoms with Crippen molar-refractivity contribution in [3.05, 3.63) is 126 Å². The molecule has 2 amide bonds. The lowest BCUT2D eigenvalue weighted by Crippen LogP contribution is -2.26. The van der Waals surface area contributed by atoms with Gasteiger partial charge in [0, 0.05) is 27.3 Å². The lowest BCUT2D eigenvalue weighted by atomic mass is 10.0. The molecular formula is C44H54N2O4S2. The minimum absolute atomic E-state index is 0.0943. The first kappa shape index (κ1) is 40.8. The van der Waals surface area contributed by atoms with E-state index >= 15 is 0 Å². The quantitative estimate of drug-likeness (QED) is 0.0423. The average Bonchev–Trinajstić information content (AvgIpc) is 3.18. The summed E-state index contributed by atoms with van der Waals surface area (Å²) in [5, 5.41) is 3.08. The highest BCUT2D eigenvalue weighted by atomic mass is 33.1. The molecule has 0 heterocycles. The van der Waals surface area contributed by atoms with Crippen molar-refractivity contribution in [3.8, 4) is 0 Å². The Labute approximate surface area is 318 Å². The molecule has 4 aromatic rings. The first-order valence-corrected chi connectivity index (χ1v) is 21.2. The van der Waals surface area contributed by atoms with Crippen molar-refractivity contribution < 1.29 is 19.2 Å². The monoisotopic (exact) mass is 738 g/mol. The fourth-order valence-electron chi connectivity index (χ4n) is 5.99. The number of nitrogens with one attached hydrogen (secondary N) is 2. The van der Waals surface area contributed by atoms with Gasteiger partial charge in [-0.3, -0.25) is 9.59 Å². The highest BCUT2D eigenvalue weighted by Crippen LogP contribution is 2.42. The van der Waals surface area contributed by atoms with Gasteiger partial charge in [-0.05, 0) is 67.3 Å². The van der Waals surface area contributed by atoms with Gasteiger partial charge in [-0.25, -0.2) is 4.79 Å². The Morgan fingerprint density at radius 1 is 0.462 bits per heavy atom. The second-order valence-corrected chi connectivity index (χ2v) is 15.4. The van der Waals surface area contributed by atoms with Crippen LogP contribution in [0.25, 0.3) is 0 Å². The molecule has 2 N–H and O–H groups in total. The smallest absolute Gasteiger partial charge is 0.332 e. The van der Waals surface area contributed by atoms with Crippen LogP contribution in [0.2, 0.25) is 0 Å². The molecule has 0 radical (unpaired) electrons. The summed E-state index contributed by atoms with van der Waals surface area (Å²) < 4.78 is 0. The second-order valence-electron chi connectivity index (χ2n) is 13.2. The third-order valence-corrected chi connectivity index (χ3v) is 11.5. The maximum Gasteiger partial charge on any atom is 0.332 e. The highest BCUT2D eigenvalue weighted by molar-refractivity contribution is 8.76. The van der Waals surface area contributed by atoms with Gasteiger partial charge in [-0.1, -0.05) is 172 Å². The number of rotatable bonds is 24. The molecule has 4 rings (SSSR count). The molecule has 0 fully saturated rings. The van der Waals surface area contributed by atoms with E-state index in [1.165, 1.54) is 87.5 Å². The highest BCUT2D eigenvalue weighted by Gasteiger charge is 2.12. The van der Waals surface area contributed by atoms with E-state index in [1.807, 2.05) is 54.6 Å². The Morgan fingerprint density at radius 3 is 1.50 bits per heavy atom. The van der Waals surface area contributed by atoms with Crippen molar-refractivity contribution >= 4 is 45.1 Å². The molecule has 0 spiro atoms. The van der Waals surface area contributed by atoms with Gasteiger partial charge in [0.15, 0.2) is 0 Å². The van der Waals surface area contributed by atoms with Crippen molar-refractivity contribution in [2.45, 2.75) is 119 Å². The minimum atomic E-state index is -0.405. The fourth-order valence-corrected chi connectivity index (χ4v) is 8.39. The molecule has 0 atom stereocenters. The van der Waals surface area contributed by atoms with E-state index in [-0.39, 0.29) is 11.9 Å². The molecule has 0 bridgehead atoms. The average molecular weight is 739 g/mol. The third kappa shape index (κ3) is 16.1. The van der Waals surface area contributed by atoms with Crippen molar-refractivity contribution in [1.29, 1.82) is 0 Å². The maximum absolute atomic E-state index is 12.7. The summed E-state index contributed by atoms with van der Waals surface area (Å²) in [4.78, 5) is 43.8. The zero-order valence-corrected chi connectivity index (χ0v) is 32.0. The molecule has 52 heavy (non-hydrogen) atoms. The number of hydroxylamine groups is 1. The summed E-state index contributed by atoms with van der Waals surface area (Å²) >= 11 is 0. The molecular weight excluding hydrogens is 685 g/mol. The normalized spacial score (nSPS) is 10.8. The van der Waals surface area contributed by atoms with Crippen LogP contribution < -0.4 is 10.8 Å². The van der Waals surface area contributed by atoms with Crippen LogP contribution in [0.1, 0.15) is 129 Å². The number of carbonyl (C=O) groups is 3. The number of amides is 2. The van der Waals surface area contributed by atoms with Crippen molar-refractivity contribution in [2.75, 3.05) is 5.32 Å². The van der Waals surface area contributed by atoms with Gasteiger partial charge in [0.25, 0.3) is 11.8 Å². The number of benzene rings is 4. The van der Waals surface area contributed by atoms with Crippen LogP contribution in [0.5, 0.6) is 0 Å². The molecule has 0 aromatic heterocycles. The third-order valence-electron chi connectivity index (χ3n) is 8.99. The summed E-state index contributed by atoms with van der Waals surface area (Å²) in [7, 11) is 3.46. The lowest BCUT2D eigenvalue weighted by molar-refractivity contribution is -0.149. The van der Waals surface area contributed by atoms with Crippen molar-refractivity contribution in [3.63, 3.8) is 0 Å². The Kier molecular flexibility index (Phi) is 19.6. The van der Waals surface area contributed by atoms with Crippen LogP contribution in [-0.2, 0) is 16.1 Å². The minimum Gasteiger partial charge on any atom is -0.341 e. The SMILES string of the molecule is O=C(CCCCCCCCCCCCCCCCCc1ccccc1SSc1ccccc1NC(=O)c1ccccc1)ONC(=O)c1ccccc1. The topological polar surface area (TPSA) is 84.5 Å². The van der Waals surface area contributed by atoms with Crippen LogP contribution in [0.3, 0.4) is 0 Å². The van der Waals surface area contributed by atoms with E-state index in [0.717, 1.165) is 36.3 Å². The number of hydrogen-bond acceptors (Lipinski definition) is 6. The molecule has 0 saturated heterocycles. The maximum atomic E-state index is 12.7. The van der Waals surface area contributed by atoms with Crippen LogP contribution in [0, 0.1) is 0 Å². The van der Waals surface area contributed by atoms with E-state index < -0.39 is 5.91 Å². The zero-order chi connectivity index (χ0) is 36.5. The van der Waals surface area contributed by atoms with Crippen molar-refractivity contribution in [1.82, 2.24) is 5.48 Å². The Bertz CT molecular complexity index is 1620. The van der Waals surface area contributed by atoms with Gasteiger partial charge in [0.2, 0.25) is 0 Å². The number of para-hydroxylation sites is 1. The zero-order valence-electron chi connectivity index (χ0n) is 30.4. The number of aryl methyl sites for hydroxylation is 1. The van der Waals surface area contributed by atoms with Crippen LogP contribution in [0.15, 0.2) is 119 Å². The molecule has 0 aliphatic heterocycles. The van der Waals surface area contributed by atoms with Gasteiger partial charge >= 0.3 is 5.97 Å². The van der Waals surface area contributed by atoms with Crippen LogP contribution in [-0.4, -0.2) is 17.8 Å². The first-order valence-electron chi connectivity index (χ1n) is 19.0. The fraction of sp³-hybridized carbons (Fsp3) is 0.386. The molecule has 8 heteroatoms. The molecule has 0 saturated carbocycles. The van der Waals surface area contributed by atoms with E-state index in [4.69, 9.17) is 4.84 Å².